The van der Waals surface area contributed by atoms with Crippen molar-refractivity contribution in [3.63, 3.8) is 0 Å². The number of rotatable bonds is 4. The van der Waals surface area contributed by atoms with Gasteiger partial charge < -0.3 is 10.1 Å². The number of hydrogen-bond donors (Lipinski definition) is 1. The van der Waals surface area contributed by atoms with Crippen LogP contribution in [0.25, 0.3) is 0 Å². The number of ether oxygens (including phenoxy) is 1. The highest BCUT2D eigenvalue weighted by molar-refractivity contribution is 6.42. The molecule has 1 heterocycles. The van der Waals surface area contributed by atoms with Crippen molar-refractivity contribution in [1.82, 2.24) is 5.32 Å². The van der Waals surface area contributed by atoms with Gasteiger partial charge >= 0.3 is 0 Å². The quantitative estimate of drug-likeness (QED) is 0.730. The highest BCUT2D eigenvalue weighted by atomic mass is 35.5. The maximum Gasteiger partial charge on any atom is 0.220 e. The molecule has 0 saturated heterocycles. The smallest absolute Gasteiger partial charge is 0.220 e. The fourth-order valence-corrected chi connectivity index (χ4v) is 3.64. The molecule has 3 nitrogen and oxygen atoms in total. The lowest BCUT2D eigenvalue weighted by Crippen LogP contribution is -2.41. The lowest BCUT2D eigenvalue weighted by molar-refractivity contribution is -0.122. The van der Waals surface area contributed by atoms with Crippen molar-refractivity contribution in [2.75, 3.05) is 0 Å². The van der Waals surface area contributed by atoms with Crippen LogP contribution in [-0.4, -0.2) is 11.5 Å². The second-order valence-electron chi connectivity index (χ2n) is 7.48. The van der Waals surface area contributed by atoms with E-state index in [0.29, 0.717) is 22.9 Å². The Balaban J connectivity index is 1.68. The largest absolute Gasteiger partial charge is 0.487 e. The van der Waals surface area contributed by atoms with E-state index in [-0.39, 0.29) is 17.6 Å². The van der Waals surface area contributed by atoms with Gasteiger partial charge in [0.15, 0.2) is 0 Å². The Bertz CT molecular complexity index is 833. The molecule has 3 rings (SSSR count). The molecule has 2 aromatic carbocycles. The molecule has 1 aliphatic rings. The average molecular weight is 392 g/mol. The number of amides is 1. The predicted octanol–water partition coefficient (Wildman–Crippen LogP) is 5.65. The zero-order valence-corrected chi connectivity index (χ0v) is 16.7. The van der Waals surface area contributed by atoms with Gasteiger partial charge in [0, 0.05) is 18.4 Å². The standard InChI is InChI=1S/C21H23Cl2NO2/c1-13-4-8-19-15(10-13)18(12-21(2,3)26-19)24-20(25)9-6-14-5-7-16(22)17(23)11-14/h4-5,7-8,10-11,18H,6,9,12H2,1-3H3,(H,24,25)/t18-/m1/s1. The normalized spacial score (nSPS) is 18.0. The van der Waals surface area contributed by atoms with Crippen molar-refractivity contribution in [2.24, 2.45) is 0 Å². The molecule has 0 bridgehead atoms. The molecule has 138 valence electrons. The first-order valence-electron chi connectivity index (χ1n) is 8.76. The van der Waals surface area contributed by atoms with Crippen LogP contribution in [0.3, 0.4) is 0 Å². The number of aryl methyl sites for hydroxylation is 2. The van der Waals surface area contributed by atoms with Crippen molar-refractivity contribution < 1.29 is 9.53 Å². The molecule has 1 amide bonds. The van der Waals surface area contributed by atoms with Gasteiger partial charge in [0.1, 0.15) is 11.4 Å². The number of hydrogen-bond acceptors (Lipinski definition) is 2. The van der Waals surface area contributed by atoms with Gasteiger partial charge in [-0.3, -0.25) is 4.79 Å². The van der Waals surface area contributed by atoms with Crippen molar-refractivity contribution in [3.05, 3.63) is 63.1 Å². The Labute approximate surface area is 164 Å². The van der Waals surface area contributed by atoms with Crippen LogP contribution in [-0.2, 0) is 11.2 Å². The zero-order chi connectivity index (χ0) is 18.9. The van der Waals surface area contributed by atoms with Crippen LogP contribution >= 0.6 is 23.2 Å². The number of benzene rings is 2. The van der Waals surface area contributed by atoms with Gasteiger partial charge in [0.25, 0.3) is 0 Å². The van der Waals surface area contributed by atoms with E-state index in [1.54, 1.807) is 6.07 Å². The van der Waals surface area contributed by atoms with E-state index >= 15 is 0 Å². The van der Waals surface area contributed by atoms with Gasteiger partial charge in [-0.25, -0.2) is 0 Å². The SMILES string of the molecule is Cc1ccc2c(c1)[C@H](NC(=O)CCc1ccc(Cl)c(Cl)c1)CC(C)(C)O2. The van der Waals surface area contributed by atoms with Crippen LogP contribution in [0.5, 0.6) is 5.75 Å². The van der Waals surface area contributed by atoms with Crippen molar-refractivity contribution in [2.45, 2.75) is 51.7 Å². The molecule has 1 atom stereocenters. The molecular formula is C21H23Cl2NO2. The summed E-state index contributed by atoms with van der Waals surface area (Å²) in [5.74, 6) is 0.868. The van der Waals surface area contributed by atoms with Gasteiger partial charge in [0.05, 0.1) is 16.1 Å². The van der Waals surface area contributed by atoms with Crippen LogP contribution in [0.4, 0.5) is 0 Å². The Hall–Kier alpha value is -1.71. The summed E-state index contributed by atoms with van der Waals surface area (Å²) in [4.78, 5) is 12.5. The summed E-state index contributed by atoms with van der Waals surface area (Å²) in [5.41, 5.74) is 2.89. The number of carbonyl (C=O) groups excluding carboxylic acids is 1. The van der Waals surface area contributed by atoms with E-state index in [0.717, 1.165) is 28.9 Å². The Morgan fingerprint density at radius 3 is 2.69 bits per heavy atom. The first-order valence-corrected chi connectivity index (χ1v) is 9.52. The molecule has 0 spiro atoms. The summed E-state index contributed by atoms with van der Waals surface area (Å²) >= 11 is 12.0. The molecule has 2 aromatic rings. The molecule has 0 unspecified atom stereocenters. The highest BCUT2D eigenvalue weighted by Crippen LogP contribution is 2.39. The van der Waals surface area contributed by atoms with E-state index in [2.05, 4.69) is 11.4 Å². The third kappa shape index (κ3) is 4.52. The van der Waals surface area contributed by atoms with Crippen molar-refractivity contribution in [3.8, 4) is 5.75 Å². The van der Waals surface area contributed by atoms with Gasteiger partial charge in [0.2, 0.25) is 5.91 Å². The van der Waals surface area contributed by atoms with Gasteiger partial charge in [-0.1, -0.05) is 47.0 Å². The van der Waals surface area contributed by atoms with Gasteiger partial charge in [-0.2, -0.15) is 0 Å². The third-order valence-electron chi connectivity index (χ3n) is 4.58. The third-order valence-corrected chi connectivity index (χ3v) is 5.32. The minimum absolute atomic E-state index is 0.0197. The summed E-state index contributed by atoms with van der Waals surface area (Å²) in [6, 6.07) is 11.5. The molecule has 5 heteroatoms. The molecule has 0 fully saturated rings. The molecule has 0 aliphatic carbocycles. The fourth-order valence-electron chi connectivity index (χ4n) is 3.32. The lowest BCUT2D eigenvalue weighted by Gasteiger charge is -2.38. The van der Waals surface area contributed by atoms with Crippen LogP contribution in [0.1, 0.15) is 49.4 Å². The zero-order valence-electron chi connectivity index (χ0n) is 15.2. The number of carbonyl (C=O) groups is 1. The summed E-state index contributed by atoms with van der Waals surface area (Å²) in [5, 5.41) is 4.21. The summed E-state index contributed by atoms with van der Waals surface area (Å²) < 4.78 is 6.06. The van der Waals surface area contributed by atoms with Crippen LogP contribution in [0.2, 0.25) is 10.0 Å². The highest BCUT2D eigenvalue weighted by Gasteiger charge is 2.34. The fraction of sp³-hybridized carbons (Fsp3) is 0.381. The number of halogens is 2. The van der Waals surface area contributed by atoms with E-state index in [9.17, 15) is 4.79 Å². The predicted molar refractivity (Wildman–Crippen MR) is 106 cm³/mol. The average Bonchev–Trinajstić information content (AvgIpc) is 2.56. The van der Waals surface area contributed by atoms with E-state index < -0.39 is 0 Å². The second-order valence-corrected chi connectivity index (χ2v) is 8.29. The molecule has 0 saturated carbocycles. The van der Waals surface area contributed by atoms with Crippen LogP contribution < -0.4 is 10.1 Å². The molecule has 1 aliphatic heterocycles. The lowest BCUT2D eigenvalue weighted by atomic mass is 9.89. The first-order chi connectivity index (χ1) is 12.2. The minimum atomic E-state index is -0.316. The Kier molecular flexibility index (Phi) is 5.50. The van der Waals surface area contributed by atoms with E-state index in [4.69, 9.17) is 27.9 Å². The maximum atomic E-state index is 12.5. The van der Waals surface area contributed by atoms with Crippen molar-refractivity contribution >= 4 is 29.1 Å². The Morgan fingerprint density at radius 1 is 1.19 bits per heavy atom. The summed E-state index contributed by atoms with van der Waals surface area (Å²) in [7, 11) is 0. The molecule has 0 aromatic heterocycles. The minimum Gasteiger partial charge on any atom is -0.487 e. The molecule has 1 N–H and O–H groups in total. The number of nitrogens with one attached hydrogen (secondary N) is 1. The number of fused-ring (bicyclic) bond motifs is 1. The van der Waals surface area contributed by atoms with Crippen LogP contribution in [0, 0.1) is 6.92 Å². The molecule has 0 radical (unpaired) electrons. The summed E-state index contributed by atoms with van der Waals surface area (Å²) in [6.07, 6.45) is 1.76. The van der Waals surface area contributed by atoms with Gasteiger partial charge in [-0.15, -0.1) is 0 Å². The topological polar surface area (TPSA) is 38.3 Å². The molecule has 26 heavy (non-hydrogen) atoms. The van der Waals surface area contributed by atoms with Crippen molar-refractivity contribution in [1.29, 1.82) is 0 Å². The van der Waals surface area contributed by atoms with Crippen LogP contribution in [0.15, 0.2) is 36.4 Å². The second kappa shape index (κ2) is 7.50. The van der Waals surface area contributed by atoms with E-state index in [1.165, 1.54) is 0 Å². The monoisotopic (exact) mass is 391 g/mol. The summed E-state index contributed by atoms with van der Waals surface area (Å²) in [6.45, 7) is 6.14. The van der Waals surface area contributed by atoms with Gasteiger partial charge in [-0.05, 0) is 51.0 Å². The first kappa shape index (κ1) is 19.1. The molecular weight excluding hydrogens is 369 g/mol. The Morgan fingerprint density at radius 2 is 1.96 bits per heavy atom. The van der Waals surface area contributed by atoms with E-state index in [1.807, 2.05) is 45.0 Å². The maximum absolute atomic E-state index is 12.5.